The van der Waals surface area contributed by atoms with Gasteiger partial charge >= 0.3 is 5.63 Å². The third kappa shape index (κ3) is 4.21. The van der Waals surface area contributed by atoms with Crippen molar-refractivity contribution in [1.29, 1.82) is 0 Å². The first-order chi connectivity index (χ1) is 16.0. The number of hydrogen-bond acceptors (Lipinski definition) is 7. The van der Waals surface area contributed by atoms with Gasteiger partial charge < -0.3 is 13.9 Å². The Kier molecular flexibility index (Phi) is 5.60. The van der Waals surface area contributed by atoms with Crippen LogP contribution in [-0.2, 0) is 17.6 Å². The van der Waals surface area contributed by atoms with Crippen molar-refractivity contribution in [2.75, 3.05) is 19.0 Å². The lowest BCUT2D eigenvalue weighted by Gasteiger charge is -2.08. The lowest BCUT2D eigenvalue weighted by atomic mass is 10.1. The first-order valence-electron chi connectivity index (χ1n) is 10.6. The minimum atomic E-state index is -0.319. The maximum absolute atomic E-state index is 12.4. The summed E-state index contributed by atoms with van der Waals surface area (Å²) in [5.74, 6) is 0.920. The van der Waals surface area contributed by atoms with Gasteiger partial charge in [-0.2, -0.15) is 0 Å². The molecule has 8 heteroatoms. The summed E-state index contributed by atoms with van der Waals surface area (Å²) < 4.78 is 16.3. The topological polar surface area (TPSA) is 90.7 Å². The van der Waals surface area contributed by atoms with E-state index < -0.39 is 0 Å². The van der Waals surface area contributed by atoms with Gasteiger partial charge in [0, 0.05) is 27.5 Å². The van der Waals surface area contributed by atoms with E-state index in [4.69, 9.17) is 13.9 Å². The van der Waals surface area contributed by atoms with E-state index in [-0.39, 0.29) is 18.1 Å². The summed E-state index contributed by atoms with van der Waals surface area (Å²) in [4.78, 5) is 30.2. The summed E-state index contributed by atoms with van der Waals surface area (Å²) in [5.41, 5.74) is 3.82. The number of anilines is 1. The van der Waals surface area contributed by atoms with E-state index in [0.717, 1.165) is 57.7 Å². The maximum Gasteiger partial charge on any atom is 0.339 e. The fourth-order valence-corrected chi connectivity index (χ4v) is 4.98. The predicted octanol–water partition coefficient (Wildman–Crippen LogP) is 4.74. The Balaban J connectivity index is 1.26. The van der Waals surface area contributed by atoms with Crippen LogP contribution in [0.3, 0.4) is 0 Å². The number of fused-ring (bicyclic) bond motifs is 3. The molecule has 0 spiro atoms. The Morgan fingerprint density at radius 3 is 2.67 bits per heavy atom. The van der Waals surface area contributed by atoms with E-state index in [1.165, 1.54) is 11.3 Å². The lowest BCUT2D eigenvalue weighted by Crippen LogP contribution is -2.20. The van der Waals surface area contributed by atoms with E-state index in [1.54, 1.807) is 19.2 Å². The number of carbonyl (C=O) groups excluding carboxylic acids is 1. The van der Waals surface area contributed by atoms with Gasteiger partial charge in [0.05, 0.1) is 12.8 Å². The van der Waals surface area contributed by atoms with Gasteiger partial charge in [-0.1, -0.05) is 0 Å². The summed E-state index contributed by atoms with van der Waals surface area (Å²) in [6.07, 6.45) is 2.61. The van der Waals surface area contributed by atoms with Crippen molar-refractivity contribution in [3.8, 4) is 22.8 Å². The van der Waals surface area contributed by atoms with Crippen LogP contribution < -0.4 is 20.4 Å². The fourth-order valence-electron chi connectivity index (χ4n) is 4.12. The van der Waals surface area contributed by atoms with Crippen LogP contribution in [0.15, 0.2) is 51.7 Å². The van der Waals surface area contributed by atoms with Crippen molar-refractivity contribution in [3.05, 3.63) is 68.9 Å². The number of hydrogen-bond donors (Lipinski definition) is 1. The zero-order chi connectivity index (χ0) is 22.9. The molecule has 1 N–H and O–H groups in total. The Morgan fingerprint density at radius 2 is 1.88 bits per heavy atom. The van der Waals surface area contributed by atoms with E-state index in [0.29, 0.717) is 16.5 Å². The number of nitrogens with zero attached hydrogens (tertiary/aromatic N) is 1. The second-order valence-electron chi connectivity index (χ2n) is 7.85. The Morgan fingerprint density at radius 1 is 1.12 bits per heavy atom. The van der Waals surface area contributed by atoms with E-state index in [1.807, 2.05) is 37.3 Å². The summed E-state index contributed by atoms with van der Waals surface area (Å²) in [6.45, 7) is 1.78. The molecule has 2 aromatic heterocycles. The molecule has 168 valence electrons. The monoisotopic (exact) mass is 462 g/mol. The number of thiazole rings is 1. The molecule has 2 heterocycles. The zero-order valence-corrected chi connectivity index (χ0v) is 19.1. The fraction of sp³-hybridized carbons (Fsp3) is 0.240. The zero-order valence-electron chi connectivity index (χ0n) is 18.3. The quantitative estimate of drug-likeness (QED) is 0.416. The molecule has 33 heavy (non-hydrogen) atoms. The lowest BCUT2D eigenvalue weighted by molar-refractivity contribution is -0.118. The number of aromatic nitrogens is 1. The second-order valence-corrected chi connectivity index (χ2v) is 9.05. The number of nitrogens with one attached hydrogen (secondary N) is 1. The Bertz CT molecular complexity index is 1410. The van der Waals surface area contributed by atoms with Gasteiger partial charge in [-0.3, -0.25) is 10.1 Å². The molecule has 1 aliphatic rings. The average Bonchev–Trinajstić information content (AvgIpc) is 3.45. The molecular weight excluding hydrogens is 440 g/mol. The number of rotatable bonds is 6. The van der Waals surface area contributed by atoms with Crippen LogP contribution >= 0.6 is 11.3 Å². The highest BCUT2D eigenvalue weighted by atomic mass is 32.1. The largest absolute Gasteiger partial charge is 0.497 e. The van der Waals surface area contributed by atoms with Crippen LogP contribution in [0.25, 0.3) is 22.2 Å². The van der Waals surface area contributed by atoms with Crippen LogP contribution in [0.4, 0.5) is 5.13 Å². The predicted molar refractivity (Wildman–Crippen MR) is 127 cm³/mol. The minimum absolute atomic E-state index is 0.183. The average molecular weight is 463 g/mol. The number of amides is 1. The third-order valence-electron chi connectivity index (χ3n) is 5.72. The Hall–Kier alpha value is -3.65. The number of methoxy groups -OCH3 is 1. The van der Waals surface area contributed by atoms with Gasteiger partial charge in [-0.15, -0.1) is 11.3 Å². The molecule has 0 aliphatic heterocycles. The minimum Gasteiger partial charge on any atom is -0.497 e. The van der Waals surface area contributed by atoms with Crippen LogP contribution in [0.1, 0.15) is 22.4 Å². The molecule has 7 nitrogen and oxygen atoms in total. The van der Waals surface area contributed by atoms with Gasteiger partial charge in [-0.25, -0.2) is 9.78 Å². The van der Waals surface area contributed by atoms with Crippen LogP contribution in [-0.4, -0.2) is 24.6 Å². The van der Waals surface area contributed by atoms with Crippen LogP contribution in [0.5, 0.6) is 11.5 Å². The SMILES string of the molecule is COc1ccc(-c2nc(NC(=O)COc3ccc4c5c(c(=O)oc4c3)CCC5)sc2C)cc1. The van der Waals surface area contributed by atoms with Crippen molar-refractivity contribution in [3.63, 3.8) is 0 Å². The molecule has 2 aromatic carbocycles. The third-order valence-corrected chi connectivity index (χ3v) is 6.61. The number of ether oxygens (including phenoxy) is 2. The van der Waals surface area contributed by atoms with Crippen LogP contribution in [0, 0.1) is 6.92 Å². The molecule has 0 radical (unpaired) electrons. The first kappa shape index (κ1) is 21.2. The molecule has 5 rings (SSSR count). The van der Waals surface area contributed by atoms with Crippen molar-refractivity contribution in [1.82, 2.24) is 4.98 Å². The number of carbonyl (C=O) groups is 1. The van der Waals surface area contributed by atoms with Gasteiger partial charge in [0.2, 0.25) is 0 Å². The van der Waals surface area contributed by atoms with Crippen molar-refractivity contribution >= 4 is 33.3 Å². The highest BCUT2D eigenvalue weighted by molar-refractivity contribution is 7.16. The summed E-state index contributed by atoms with van der Waals surface area (Å²) in [7, 11) is 1.62. The summed E-state index contributed by atoms with van der Waals surface area (Å²) in [5, 5.41) is 4.23. The number of aryl methyl sites for hydroxylation is 2. The van der Waals surface area contributed by atoms with Gasteiger partial charge in [0.15, 0.2) is 11.7 Å². The molecule has 0 atom stereocenters. The van der Waals surface area contributed by atoms with E-state index in [2.05, 4.69) is 10.3 Å². The summed E-state index contributed by atoms with van der Waals surface area (Å²) >= 11 is 1.40. The molecule has 0 saturated carbocycles. The van der Waals surface area contributed by atoms with Crippen molar-refractivity contribution in [2.24, 2.45) is 0 Å². The number of benzene rings is 2. The standard InChI is InChI=1S/C25H22N2O5S/c1-14-23(15-6-8-16(30-2)9-7-15)27-25(33-14)26-22(28)13-31-17-10-11-19-18-4-3-5-20(18)24(29)32-21(19)12-17/h6-12H,3-5,13H2,1-2H3,(H,26,27,28). The van der Waals surface area contributed by atoms with Gasteiger partial charge in [0.1, 0.15) is 17.1 Å². The molecule has 0 unspecified atom stereocenters. The highest BCUT2D eigenvalue weighted by Crippen LogP contribution is 2.32. The van der Waals surface area contributed by atoms with Gasteiger partial charge in [-0.05, 0) is 68.1 Å². The normalized spacial score (nSPS) is 12.5. The molecule has 0 bridgehead atoms. The van der Waals surface area contributed by atoms with E-state index >= 15 is 0 Å². The van der Waals surface area contributed by atoms with Crippen molar-refractivity contribution in [2.45, 2.75) is 26.2 Å². The summed E-state index contributed by atoms with van der Waals surface area (Å²) in [6, 6.07) is 13.0. The van der Waals surface area contributed by atoms with Crippen LogP contribution in [0.2, 0.25) is 0 Å². The molecule has 1 aliphatic carbocycles. The van der Waals surface area contributed by atoms with Crippen molar-refractivity contribution < 1.29 is 18.7 Å². The molecule has 4 aromatic rings. The maximum atomic E-state index is 12.4. The molecule has 0 fully saturated rings. The molecule has 1 amide bonds. The molecular formula is C25H22N2O5S. The first-order valence-corrected chi connectivity index (χ1v) is 11.5. The second kappa shape index (κ2) is 8.71. The molecule has 0 saturated heterocycles. The van der Waals surface area contributed by atoms with Gasteiger partial charge in [0.25, 0.3) is 5.91 Å². The Labute approximate surface area is 194 Å². The van der Waals surface area contributed by atoms with E-state index in [9.17, 15) is 9.59 Å². The smallest absolute Gasteiger partial charge is 0.339 e. The highest BCUT2D eigenvalue weighted by Gasteiger charge is 2.20.